The van der Waals surface area contributed by atoms with E-state index in [4.69, 9.17) is 13.8 Å². The van der Waals surface area contributed by atoms with E-state index in [9.17, 15) is 0 Å². The number of nitrogens with zero attached hydrogens (tertiary/aromatic N) is 2. The predicted molar refractivity (Wildman–Crippen MR) is 236 cm³/mol. The first-order chi connectivity index (χ1) is 28.8. The monoisotopic (exact) mass is 935 g/mol. The quantitative estimate of drug-likeness (QED) is 0.156. The number of furan rings is 1. The Labute approximate surface area is 355 Å². The number of fused-ring (bicyclic) bond motifs is 4. The van der Waals surface area contributed by atoms with E-state index in [0.29, 0.717) is 11.5 Å². The molecule has 0 N–H and O–H groups in total. The minimum absolute atomic E-state index is 0. The summed E-state index contributed by atoms with van der Waals surface area (Å²) in [6.45, 7) is 0. The molecule has 0 aliphatic carbocycles. The molecule has 1 radical (unpaired) electrons. The second kappa shape index (κ2) is 16.7. The van der Waals surface area contributed by atoms with Crippen molar-refractivity contribution in [3.8, 4) is 67.2 Å². The van der Waals surface area contributed by atoms with E-state index >= 15 is 0 Å². The van der Waals surface area contributed by atoms with E-state index in [2.05, 4.69) is 138 Å². The molecule has 0 aliphatic heterocycles. The Hall–Kier alpha value is -7.17. The van der Waals surface area contributed by atoms with Gasteiger partial charge in [0.15, 0.2) is 0 Å². The van der Waals surface area contributed by atoms with Crippen molar-refractivity contribution in [2.24, 2.45) is 0 Å². The number of hydrogen-bond acceptors (Lipinski definition) is 4. The standard InChI is InChI=1S/C43H26NO2.C11H8N.Ir/c1-4-14-28(15-5-1)31-26-36(29-16-6-2-7-17-29)40(37(27-31)30-18-8-3-9-19-30)34-22-13-24-38-42(34)46-43(44-38)35-23-12-21-33-32-20-10-11-25-39(32)45-41(33)35;1-2-6-10(7-3-1)11-8-4-5-9-12-11;/h1-22,24-27H;1-6,8-9H;/q2*-1;. The maximum absolute atomic E-state index is 6.74. The fourth-order valence-corrected chi connectivity index (χ4v) is 7.60. The van der Waals surface area contributed by atoms with Gasteiger partial charge in [0.2, 0.25) is 0 Å². The summed E-state index contributed by atoms with van der Waals surface area (Å²) in [5.74, 6) is 0.482. The number of benzene rings is 8. The number of pyridine rings is 1. The minimum Gasteiger partial charge on any atom is -0.500 e. The van der Waals surface area contributed by atoms with E-state index in [1.165, 1.54) is 0 Å². The Balaban J connectivity index is 0.000000297. The Morgan fingerprint density at radius 2 is 1.10 bits per heavy atom. The van der Waals surface area contributed by atoms with Crippen LogP contribution >= 0.6 is 0 Å². The Morgan fingerprint density at radius 1 is 0.441 bits per heavy atom. The van der Waals surface area contributed by atoms with Crippen molar-refractivity contribution < 1.29 is 28.9 Å². The summed E-state index contributed by atoms with van der Waals surface area (Å²) >= 11 is 0. The molecule has 3 aromatic heterocycles. The van der Waals surface area contributed by atoms with Gasteiger partial charge >= 0.3 is 0 Å². The largest absolute Gasteiger partial charge is 0.500 e. The molecule has 0 amide bonds. The molecule has 0 fully saturated rings. The van der Waals surface area contributed by atoms with Crippen LogP contribution in [0.5, 0.6) is 0 Å². The number of para-hydroxylation sites is 2. The second-order valence-corrected chi connectivity index (χ2v) is 13.9. The van der Waals surface area contributed by atoms with Gasteiger partial charge in [-0.05, 0) is 75.0 Å². The third-order valence-electron chi connectivity index (χ3n) is 10.3. The Bertz CT molecular complexity index is 3050. The molecule has 11 rings (SSSR count). The first-order valence-corrected chi connectivity index (χ1v) is 19.2. The summed E-state index contributed by atoms with van der Waals surface area (Å²) in [6, 6.07) is 74.7. The molecular formula is C54H34IrN2O2-2. The van der Waals surface area contributed by atoms with Gasteiger partial charge in [-0.25, -0.2) is 0 Å². The molecule has 283 valence electrons. The summed E-state index contributed by atoms with van der Waals surface area (Å²) in [4.78, 5) is 9.22. The van der Waals surface area contributed by atoms with Gasteiger partial charge in [0, 0.05) is 42.8 Å². The second-order valence-electron chi connectivity index (χ2n) is 13.9. The smallest absolute Gasteiger partial charge is 0.149 e. The number of hydrogen-bond donors (Lipinski definition) is 0. The molecule has 0 bridgehead atoms. The SMILES string of the molecule is [Ir].[c-]1ccc2c(oc3ccccc32)c1-c1nc2cccc(-c3c(-c4ccccc4)cc(-c4ccccc4)cc3-c3ccccc3)c2o1.[c-]1ccccc1-c1ccccn1. The van der Waals surface area contributed by atoms with E-state index < -0.39 is 0 Å². The van der Waals surface area contributed by atoms with Crippen LogP contribution < -0.4 is 0 Å². The molecule has 5 heteroatoms. The minimum atomic E-state index is 0. The third kappa shape index (κ3) is 7.42. The maximum atomic E-state index is 6.74. The molecule has 0 spiro atoms. The first kappa shape index (κ1) is 37.4. The van der Waals surface area contributed by atoms with E-state index in [1.54, 1.807) is 6.20 Å². The Kier molecular flexibility index (Phi) is 10.6. The van der Waals surface area contributed by atoms with Gasteiger partial charge in [0.05, 0.1) is 11.1 Å². The van der Waals surface area contributed by atoms with Crippen LogP contribution in [0, 0.1) is 12.1 Å². The van der Waals surface area contributed by atoms with Gasteiger partial charge in [-0.2, -0.15) is 0 Å². The van der Waals surface area contributed by atoms with Gasteiger partial charge in [-0.3, -0.25) is 4.98 Å². The van der Waals surface area contributed by atoms with Crippen molar-refractivity contribution in [3.05, 3.63) is 219 Å². The normalized spacial score (nSPS) is 10.9. The van der Waals surface area contributed by atoms with Crippen molar-refractivity contribution in [2.75, 3.05) is 0 Å². The molecule has 59 heavy (non-hydrogen) atoms. The zero-order chi connectivity index (χ0) is 38.7. The molecule has 3 heterocycles. The van der Waals surface area contributed by atoms with Crippen LogP contribution in [0.1, 0.15) is 0 Å². The van der Waals surface area contributed by atoms with Gasteiger partial charge in [-0.15, -0.1) is 54.1 Å². The molecule has 0 atom stereocenters. The van der Waals surface area contributed by atoms with Crippen LogP contribution in [0.15, 0.2) is 215 Å². The van der Waals surface area contributed by atoms with Gasteiger partial charge in [0.25, 0.3) is 0 Å². The predicted octanol–water partition coefficient (Wildman–Crippen LogP) is 14.4. The van der Waals surface area contributed by atoms with E-state index in [1.807, 2.05) is 78.9 Å². The topological polar surface area (TPSA) is 52.1 Å². The fraction of sp³-hybridized carbons (Fsp3) is 0. The fourth-order valence-electron chi connectivity index (χ4n) is 7.60. The average Bonchev–Trinajstić information content (AvgIpc) is 3.93. The van der Waals surface area contributed by atoms with Crippen molar-refractivity contribution in [2.45, 2.75) is 0 Å². The summed E-state index contributed by atoms with van der Waals surface area (Å²) in [5, 5.41) is 2.07. The van der Waals surface area contributed by atoms with Gasteiger partial charge in [0.1, 0.15) is 17.1 Å². The summed E-state index contributed by atoms with van der Waals surface area (Å²) in [6.07, 6.45) is 1.79. The van der Waals surface area contributed by atoms with Crippen molar-refractivity contribution in [1.82, 2.24) is 9.97 Å². The molecule has 0 saturated carbocycles. The number of aromatic nitrogens is 2. The van der Waals surface area contributed by atoms with Crippen LogP contribution in [0.3, 0.4) is 0 Å². The van der Waals surface area contributed by atoms with Crippen LogP contribution in [-0.2, 0) is 20.1 Å². The van der Waals surface area contributed by atoms with E-state index in [-0.39, 0.29) is 20.1 Å². The van der Waals surface area contributed by atoms with Crippen LogP contribution in [0.4, 0.5) is 0 Å². The molecular weight excluding hydrogens is 901 g/mol. The average molecular weight is 935 g/mol. The van der Waals surface area contributed by atoms with Crippen molar-refractivity contribution in [1.29, 1.82) is 0 Å². The number of rotatable bonds is 6. The third-order valence-corrected chi connectivity index (χ3v) is 10.3. The van der Waals surface area contributed by atoms with Gasteiger partial charge < -0.3 is 13.8 Å². The molecule has 0 saturated heterocycles. The Morgan fingerprint density at radius 3 is 1.78 bits per heavy atom. The maximum Gasteiger partial charge on any atom is 0.149 e. The zero-order valence-electron chi connectivity index (χ0n) is 31.7. The molecule has 0 aliphatic rings. The summed E-state index contributed by atoms with van der Waals surface area (Å²) in [5.41, 5.74) is 14.7. The summed E-state index contributed by atoms with van der Waals surface area (Å²) in [7, 11) is 0. The molecule has 8 aromatic carbocycles. The molecule has 4 nitrogen and oxygen atoms in total. The summed E-state index contributed by atoms with van der Waals surface area (Å²) < 4.78 is 13.1. The zero-order valence-corrected chi connectivity index (χ0v) is 34.1. The van der Waals surface area contributed by atoms with Crippen LogP contribution in [0.25, 0.3) is 100 Å². The van der Waals surface area contributed by atoms with Crippen LogP contribution in [-0.4, -0.2) is 9.97 Å². The molecule has 0 unspecified atom stereocenters. The van der Waals surface area contributed by atoms with Crippen molar-refractivity contribution in [3.63, 3.8) is 0 Å². The number of oxazole rings is 1. The van der Waals surface area contributed by atoms with E-state index in [0.717, 1.165) is 88.8 Å². The first-order valence-electron chi connectivity index (χ1n) is 19.2. The van der Waals surface area contributed by atoms with Gasteiger partial charge in [-0.1, -0.05) is 139 Å². The van der Waals surface area contributed by atoms with Crippen LogP contribution in [0.2, 0.25) is 0 Å². The molecule has 11 aromatic rings. The van der Waals surface area contributed by atoms with Crippen molar-refractivity contribution >= 4 is 33.0 Å².